The van der Waals surface area contributed by atoms with Crippen LogP contribution in [0, 0.1) is 6.92 Å². The first kappa shape index (κ1) is 9.51. The van der Waals surface area contributed by atoms with E-state index in [2.05, 4.69) is 15.0 Å². The van der Waals surface area contributed by atoms with Gasteiger partial charge in [-0.05, 0) is 19.1 Å². The lowest BCUT2D eigenvalue weighted by atomic mass is 10.3. The predicted molar refractivity (Wildman–Crippen MR) is 49.5 cm³/mol. The number of esters is 1. The average Bonchev–Trinajstić information content (AvgIpc) is 2.14. The van der Waals surface area contributed by atoms with E-state index in [0.717, 1.165) is 11.4 Å². The summed E-state index contributed by atoms with van der Waals surface area (Å²) in [6.45, 7) is 2.07. The molecule has 0 unspecified atom stereocenters. The maximum Gasteiger partial charge on any atom is 0.325 e. The Kier molecular flexibility index (Phi) is 3.25. The zero-order valence-electron chi connectivity index (χ0n) is 7.70. The van der Waals surface area contributed by atoms with Crippen molar-refractivity contribution >= 4 is 11.7 Å². The molecule has 0 aliphatic carbocycles. The fourth-order valence-corrected chi connectivity index (χ4v) is 0.902. The molecular weight excluding hydrogens is 168 g/mol. The number of pyridine rings is 1. The summed E-state index contributed by atoms with van der Waals surface area (Å²) >= 11 is 0. The second-order valence-corrected chi connectivity index (χ2v) is 2.62. The molecule has 4 heteroatoms. The Balaban J connectivity index is 2.50. The number of hydrogen-bond donors (Lipinski definition) is 1. The first-order chi connectivity index (χ1) is 6.22. The van der Waals surface area contributed by atoms with E-state index in [1.807, 2.05) is 13.0 Å². The molecule has 0 atom stereocenters. The molecule has 1 heterocycles. The van der Waals surface area contributed by atoms with E-state index in [1.165, 1.54) is 7.11 Å². The SMILES string of the molecule is COC(=O)CNc1ccnc(C)c1. The van der Waals surface area contributed by atoms with Gasteiger partial charge in [0.1, 0.15) is 6.54 Å². The fraction of sp³-hybridized carbons (Fsp3) is 0.333. The highest BCUT2D eigenvalue weighted by Gasteiger charge is 1.99. The molecule has 0 amide bonds. The normalized spacial score (nSPS) is 9.38. The van der Waals surface area contributed by atoms with Crippen molar-refractivity contribution in [2.24, 2.45) is 0 Å². The van der Waals surface area contributed by atoms with Crippen molar-refractivity contribution in [3.8, 4) is 0 Å². The highest BCUT2D eigenvalue weighted by Crippen LogP contribution is 2.05. The van der Waals surface area contributed by atoms with Gasteiger partial charge >= 0.3 is 5.97 Å². The average molecular weight is 180 g/mol. The number of aryl methyl sites for hydroxylation is 1. The number of nitrogens with zero attached hydrogens (tertiary/aromatic N) is 1. The third-order valence-corrected chi connectivity index (χ3v) is 1.56. The largest absolute Gasteiger partial charge is 0.468 e. The highest BCUT2D eigenvalue weighted by atomic mass is 16.5. The quantitative estimate of drug-likeness (QED) is 0.704. The minimum Gasteiger partial charge on any atom is -0.468 e. The van der Waals surface area contributed by atoms with Gasteiger partial charge in [-0.2, -0.15) is 0 Å². The van der Waals surface area contributed by atoms with Gasteiger partial charge in [0.05, 0.1) is 7.11 Å². The predicted octanol–water partition coefficient (Wildman–Crippen LogP) is 0.975. The molecule has 0 saturated carbocycles. The highest BCUT2D eigenvalue weighted by molar-refractivity contribution is 5.74. The summed E-state index contributed by atoms with van der Waals surface area (Å²) in [6.07, 6.45) is 1.69. The summed E-state index contributed by atoms with van der Waals surface area (Å²) in [5.74, 6) is -0.283. The number of rotatable bonds is 3. The van der Waals surface area contributed by atoms with Gasteiger partial charge in [0.15, 0.2) is 0 Å². The molecule has 0 aliphatic rings. The number of anilines is 1. The number of hydrogen-bond acceptors (Lipinski definition) is 4. The van der Waals surface area contributed by atoms with E-state index >= 15 is 0 Å². The number of methoxy groups -OCH3 is 1. The molecule has 0 aliphatic heterocycles. The molecule has 0 spiro atoms. The van der Waals surface area contributed by atoms with Crippen molar-refractivity contribution in [3.05, 3.63) is 24.0 Å². The van der Waals surface area contributed by atoms with Gasteiger partial charge in [-0.25, -0.2) is 0 Å². The Morgan fingerprint density at radius 1 is 1.69 bits per heavy atom. The molecule has 0 radical (unpaired) electrons. The zero-order valence-corrected chi connectivity index (χ0v) is 7.70. The van der Waals surface area contributed by atoms with Crippen molar-refractivity contribution in [2.45, 2.75) is 6.92 Å². The molecule has 4 nitrogen and oxygen atoms in total. The number of nitrogens with one attached hydrogen (secondary N) is 1. The number of aromatic nitrogens is 1. The molecule has 1 rings (SSSR count). The smallest absolute Gasteiger partial charge is 0.325 e. The Labute approximate surface area is 76.9 Å². The molecule has 1 aromatic rings. The lowest BCUT2D eigenvalue weighted by Crippen LogP contribution is -2.14. The van der Waals surface area contributed by atoms with Gasteiger partial charge in [-0.15, -0.1) is 0 Å². The first-order valence-corrected chi connectivity index (χ1v) is 3.95. The first-order valence-electron chi connectivity index (χ1n) is 3.95. The lowest BCUT2D eigenvalue weighted by Gasteiger charge is -2.04. The van der Waals surface area contributed by atoms with Crippen LogP contribution >= 0.6 is 0 Å². The summed E-state index contributed by atoms with van der Waals surface area (Å²) in [5, 5.41) is 2.92. The van der Waals surface area contributed by atoms with Crippen LogP contribution in [0.2, 0.25) is 0 Å². The van der Waals surface area contributed by atoms with Gasteiger partial charge in [0.25, 0.3) is 0 Å². The second kappa shape index (κ2) is 4.45. The maximum atomic E-state index is 10.8. The van der Waals surface area contributed by atoms with Crippen molar-refractivity contribution in [1.29, 1.82) is 0 Å². The van der Waals surface area contributed by atoms with Crippen molar-refractivity contribution in [1.82, 2.24) is 4.98 Å². The van der Waals surface area contributed by atoms with Crippen LogP contribution < -0.4 is 5.32 Å². The van der Waals surface area contributed by atoms with E-state index in [0.29, 0.717) is 0 Å². The van der Waals surface area contributed by atoms with Crippen LogP contribution in [-0.4, -0.2) is 24.6 Å². The summed E-state index contributed by atoms with van der Waals surface area (Å²) in [7, 11) is 1.36. The molecule has 1 N–H and O–H groups in total. The van der Waals surface area contributed by atoms with Crippen molar-refractivity contribution in [3.63, 3.8) is 0 Å². The Morgan fingerprint density at radius 2 is 2.46 bits per heavy atom. The van der Waals surface area contributed by atoms with Crippen LogP contribution in [0.3, 0.4) is 0 Å². The van der Waals surface area contributed by atoms with Crippen LogP contribution in [0.4, 0.5) is 5.69 Å². The van der Waals surface area contributed by atoms with Crippen LogP contribution in [0.25, 0.3) is 0 Å². The molecule has 0 fully saturated rings. The van der Waals surface area contributed by atoms with Crippen LogP contribution in [0.1, 0.15) is 5.69 Å². The molecule has 1 aromatic heterocycles. The zero-order chi connectivity index (χ0) is 9.68. The number of carbonyl (C=O) groups excluding carboxylic acids is 1. The molecule has 70 valence electrons. The topological polar surface area (TPSA) is 51.2 Å². The molecule has 0 saturated heterocycles. The summed E-state index contributed by atoms with van der Waals surface area (Å²) in [5.41, 5.74) is 1.78. The minimum absolute atomic E-state index is 0.181. The third-order valence-electron chi connectivity index (χ3n) is 1.56. The van der Waals surface area contributed by atoms with Crippen LogP contribution in [-0.2, 0) is 9.53 Å². The molecule has 13 heavy (non-hydrogen) atoms. The van der Waals surface area contributed by atoms with Gasteiger partial charge in [0.2, 0.25) is 0 Å². The minimum atomic E-state index is -0.283. The third kappa shape index (κ3) is 3.11. The van der Waals surface area contributed by atoms with Crippen molar-refractivity contribution < 1.29 is 9.53 Å². The van der Waals surface area contributed by atoms with E-state index in [9.17, 15) is 4.79 Å². The van der Waals surface area contributed by atoms with Crippen molar-refractivity contribution in [2.75, 3.05) is 19.0 Å². The Bertz CT molecular complexity index is 299. The summed E-state index contributed by atoms with van der Waals surface area (Å²) in [4.78, 5) is 14.8. The monoisotopic (exact) mass is 180 g/mol. The summed E-state index contributed by atoms with van der Waals surface area (Å²) < 4.78 is 4.49. The lowest BCUT2D eigenvalue weighted by molar-refractivity contribution is -0.138. The van der Waals surface area contributed by atoms with E-state index in [1.54, 1.807) is 12.3 Å². The van der Waals surface area contributed by atoms with Gasteiger partial charge in [-0.3, -0.25) is 9.78 Å². The maximum absolute atomic E-state index is 10.8. The second-order valence-electron chi connectivity index (χ2n) is 2.62. The molecular formula is C9H12N2O2. The van der Waals surface area contributed by atoms with E-state index in [-0.39, 0.29) is 12.5 Å². The van der Waals surface area contributed by atoms with Gasteiger partial charge in [-0.1, -0.05) is 0 Å². The molecule has 0 bridgehead atoms. The van der Waals surface area contributed by atoms with Crippen LogP contribution in [0.5, 0.6) is 0 Å². The Morgan fingerprint density at radius 3 is 3.08 bits per heavy atom. The van der Waals surface area contributed by atoms with Gasteiger partial charge < -0.3 is 10.1 Å². The number of carbonyl (C=O) groups is 1. The van der Waals surface area contributed by atoms with E-state index in [4.69, 9.17) is 0 Å². The Hall–Kier alpha value is -1.58. The number of ether oxygens (including phenoxy) is 1. The van der Waals surface area contributed by atoms with Gasteiger partial charge in [0, 0.05) is 17.6 Å². The van der Waals surface area contributed by atoms with E-state index < -0.39 is 0 Å². The molecule has 0 aromatic carbocycles. The standard InChI is InChI=1S/C9H12N2O2/c1-7-5-8(3-4-10-7)11-6-9(12)13-2/h3-5H,6H2,1-2H3,(H,10,11). The summed E-state index contributed by atoms with van der Waals surface area (Å²) in [6, 6.07) is 3.67. The van der Waals surface area contributed by atoms with Crippen LogP contribution in [0.15, 0.2) is 18.3 Å². The fourth-order valence-electron chi connectivity index (χ4n) is 0.902.